The predicted octanol–water partition coefficient (Wildman–Crippen LogP) is 8.47. The summed E-state index contributed by atoms with van der Waals surface area (Å²) in [5, 5.41) is 0. The number of likely N-dealkylation sites (N-methyl/N-ethyl adjacent to an activating group) is 1. The van der Waals surface area contributed by atoms with Gasteiger partial charge in [-0.05, 0) is 62.8 Å². The van der Waals surface area contributed by atoms with Gasteiger partial charge in [0.1, 0.15) is 7.05 Å². The molecule has 176 valence electrons. The largest absolute Gasteiger partial charge is 0.347 e. The van der Waals surface area contributed by atoms with Crippen LogP contribution in [0.4, 0.5) is 11.4 Å². The fraction of sp³-hybridized carbons (Fsp3) is 0.300. The Hall–Kier alpha value is -2.17. The van der Waals surface area contributed by atoms with E-state index in [-0.39, 0.29) is 10.8 Å². The highest BCUT2D eigenvalue weighted by molar-refractivity contribution is 9.12. The SMILES string of the molecule is Cc1ccc2c(c1)C(C)(C)\C(=C/C=C/C(Br)=C/C=C/C1=[N+](C)c3ccc(Br)cc3C1(C)C)N2C. The van der Waals surface area contributed by atoms with Gasteiger partial charge in [0.25, 0.3) is 0 Å². The molecule has 34 heavy (non-hydrogen) atoms. The van der Waals surface area contributed by atoms with Crippen molar-refractivity contribution < 1.29 is 4.58 Å². The minimum Gasteiger partial charge on any atom is -0.347 e. The molecule has 4 rings (SSSR count). The van der Waals surface area contributed by atoms with Crippen LogP contribution in [0.15, 0.2) is 87.5 Å². The topological polar surface area (TPSA) is 6.25 Å². The van der Waals surface area contributed by atoms with Crippen LogP contribution in [-0.4, -0.2) is 24.4 Å². The minimum absolute atomic E-state index is 0.0180. The first-order valence-electron chi connectivity index (χ1n) is 11.6. The standard InChI is InChI=1S/C30H33Br2N2/c1-20-14-16-25-23(18-20)29(2,3)27(33(25)6)12-8-10-21(31)11-9-13-28-30(4,5)24-19-22(32)15-17-26(24)34(28)7/h8-19H,1-7H3/q+1. The van der Waals surface area contributed by atoms with Gasteiger partial charge in [-0.2, -0.15) is 4.58 Å². The van der Waals surface area contributed by atoms with E-state index in [0.717, 1.165) is 8.96 Å². The van der Waals surface area contributed by atoms with Gasteiger partial charge in [0.05, 0.1) is 5.41 Å². The second-order valence-corrected chi connectivity index (χ2v) is 12.1. The highest BCUT2D eigenvalue weighted by Gasteiger charge is 2.43. The summed E-state index contributed by atoms with van der Waals surface area (Å²) in [5.74, 6) is 0. The Balaban J connectivity index is 1.52. The molecule has 0 saturated carbocycles. The number of allylic oxidation sites excluding steroid dienone is 8. The highest BCUT2D eigenvalue weighted by atomic mass is 79.9. The first kappa shape index (κ1) is 24.9. The van der Waals surface area contributed by atoms with Crippen molar-refractivity contribution in [2.24, 2.45) is 0 Å². The van der Waals surface area contributed by atoms with E-state index in [1.165, 1.54) is 39.5 Å². The number of halogens is 2. The summed E-state index contributed by atoms with van der Waals surface area (Å²) in [6.45, 7) is 11.3. The fourth-order valence-corrected chi connectivity index (χ4v) is 5.94. The Labute approximate surface area is 221 Å². The zero-order chi connectivity index (χ0) is 24.8. The van der Waals surface area contributed by atoms with Crippen molar-refractivity contribution in [1.29, 1.82) is 0 Å². The smallest absolute Gasteiger partial charge is 0.209 e. The van der Waals surface area contributed by atoms with Gasteiger partial charge in [-0.15, -0.1) is 0 Å². The summed E-state index contributed by atoms with van der Waals surface area (Å²) >= 11 is 7.33. The van der Waals surface area contributed by atoms with Crippen LogP contribution in [0.5, 0.6) is 0 Å². The molecular weight excluding hydrogens is 548 g/mol. The molecule has 0 bridgehead atoms. The van der Waals surface area contributed by atoms with E-state index in [2.05, 4.69) is 163 Å². The van der Waals surface area contributed by atoms with Gasteiger partial charge in [0.15, 0.2) is 5.71 Å². The third-order valence-corrected chi connectivity index (χ3v) is 8.22. The van der Waals surface area contributed by atoms with E-state index in [9.17, 15) is 0 Å². The number of rotatable bonds is 4. The van der Waals surface area contributed by atoms with Crippen LogP contribution in [0.2, 0.25) is 0 Å². The number of aryl methyl sites for hydroxylation is 1. The summed E-state index contributed by atoms with van der Waals surface area (Å²) < 4.78 is 4.44. The molecule has 2 aromatic rings. The molecule has 0 saturated heterocycles. The summed E-state index contributed by atoms with van der Waals surface area (Å²) in [6, 6.07) is 13.3. The monoisotopic (exact) mass is 579 g/mol. The van der Waals surface area contributed by atoms with Crippen LogP contribution in [0.25, 0.3) is 0 Å². The Bertz CT molecular complexity index is 1300. The molecule has 0 aliphatic carbocycles. The number of benzene rings is 2. The number of hydrogen-bond donors (Lipinski definition) is 0. The summed E-state index contributed by atoms with van der Waals surface area (Å²) in [7, 11) is 4.30. The van der Waals surface area contributed by atoms with Crippen LogP contribution >= 0.6 is 31.9 Å². The number of nitrogens with zero attached hydrogens (tertiary/aromatic N) is 2. The van der Waals surface area contributed by atoms with Gasteiger partial charge in [0, 0.05) is 50.5 Å². The lowest BCUT2D eigenvalue weighted by Crippen LogP contribution is -2.26. The first-order chi connectivity index (χ1) is 15.9. The molecule has 2 aliphatic heterocycles. The molecule has 0 fully saturated rings. The van der Waals surface area contributed by atoms with E-state index in [1.54, 1.807) is 0 Å². The Kier molecular flexibility index (Phi) is 6.69. The van der Waals surface area contributed by atoms with Crippen molar-refractivity contribution in [3.05, 3.63) is 104 Å². The fourth-order valence-electron chi connectivity index (χ4n) is 5.28. The summed E-state index contributed by atoms with van der Waals surface area (Å²) in [4.78, 5) is 2.31. The third kappa shape index (κ3) is 4.31. The lowest BCUT2D eigenvalue weighted by molar-refractivity contribution is -0.401. The third-order valence-electron chi connectivity index (χ3n) is 7.20. The van der Waals surface area contributed by atoms with E-state index >= 15 is 0 Å². The molecule has 0 radical (unpaired) electrons. The van der Waals surface area contributed by atoms with Crippen LogP contribution in [0, 0.1) is 6.92 Å². The van der Waals surface area contributed by atoms with Gasteiger partial charge >= 0.3 is 0 Å². The Morgan fingerprint density at radius 3 is 2.44 bits per heavy atom. The maximum atomic E-state index is 3.71. The number of anilines is 1. The average Bonchev–Trinajstić information content (AvgIpc) is 3.07. The van der Waals surface area contributed by atoms with E-state index in [1.807, 2.05) is 0 Å². The predicted molar refractivity (Wildman–Crippen MR) is 154 cm³/mol. The van der Waals surface area contributed by atoms with E-state index < -0.39 is 0 Å². The van der Waals surface area contributed by atoms with Crippen molar-refractivity contribution in [1.82, 2.24) is 0 Å². The Morgan fingerprint density at radius 2 is 1.71 bits per heavy atom. The quantitative estimate of drug-likeness (QED) is 0.260. The maximum Gasteiger partial charge on any atom is 0.209 e. The van der Waals surface area contributed by atoms with Crippen molar-refractivity contribution in [2.75, 3.05) is 19.0 Å². The van der Waals surface area contributed by atoms with Crippen LogP contribution in [0.3, 0.4) is 0 Å². The van der Waals surface area contributed by atoms with Gasteiger partial charge < -0.3 is 4.90 Å². The highest BCUT2D eigenvalue weighted by Crippen LogP contribution is 2.47. The molecule has 2 heterocycles. The molecule has 2 nitrogen and oxygen atoms in total. The van der Waals surface area contributed by atoms with Crippen LogP contribution in [0.1, 0.15) is 44.4 Å². The normalized spacial score (nSPS) is 20.2. The summed E-state index contributed by atoms with van der Waals surface area (Å²) in [5.41, 5.74) is 9.12. The first-order valence-corrected chi connectivity index (χ1v) is 13.2. The van der Waals surface area contributed by atoms with Gasteiger partial charge in [-0.3, -0.25) is 0 Å². The molecule has 4 heteroatoms. The molecule has 2 aromatic carbocycles. The Morgan fingerprint density at radius 1 is 0.971 bits per heavy atom. The second kappa shape index (κ2) is 9.13. The molecule has 0 aromatic heterocycles. The minimum atomic E-state index is -0.0447. The van der Waals surface area contributed by atoms with Crippen molar-refractivity contribution in [3.8, 4) is 0 Å². The van der Waals surface area contributed by atoms with Crippen molar-refractivity contribution >= 4 is 48.9 Å². The van der Waals surface area contributed by atoms with E-state index in [4.69, 9.17) is 0 Å². The molecule has 2 aliphatic rings. The maximum absolute atomic E-state index is 3.71. The van der Waals surface area contributed by atoms with E-state index in [0.29, 0.717) is 0 Å². The molecule has 0 amide bonds. The van der Waals surface area contributed by atoms with Crippen LogP contribution in [-0.2, 0) is 10.8 Å². The molecule has 0 unspecified atom stereocenters. The lowest BCUT2D eigenvalue weighted by Gasteiger charge is -2.23. The van der Waals surface area contributed by atoms with Crippen molar-refractivity contribution in [3.63, 3.8) is 0 Å². The average molecular weight is 581 g/mol. The van der Waals surface area contributed by atoms with Crippen LogP contribution < -0.4 is 4.90 Å². The molecular formula is C30H33Br2N2+. The van der Waals surface area contributed by atoms with Gasteiger partial charge in [0.2, 0.25) is 5.69 Å². The number of fused-ring (bicyclic) bond motifs is 2. The van der Waals surface area contributed by atoms with Gasteiger partial charge in [-0.25, -0.2) is 0 Å². The second-order valence-electron chi connectivity index (χ2n) is 10.3. The molecule has 0 N–H and O–H groups in total. The number of hydrogen-bond acceptors (Lipinski definition) is 1. The van der Waals surface area contributed by atoms with Gasteiger partial charge in [-0.1, -0.05) is 75.6 Å². The molecule has 0 spiro atoms. The zero-order valence-electron chi connectivity index (χ0n) is 21.1. The molecule has 0 atom stereocenters. The zero-order valence-corrected chi connectivity index (χ0v) is 24.3. The summed E-state index contributed by atoms with van der Waals surface area (Å²) in [6.07, 6.45) is 12.9. The van der Waals surface area contributed by atoms with Crippen molar-refractivity contribution in [2.45, 2.75) is 45.4 Å². The lowest BCUT2D eigenvalue weighted by atomic mass is 9.81.